The quantitative estimate of drug-likeness (QED) is 0.402. The number of ketones is 1. The predicted molar refractivity (Wildman–Crippen MR) is 31.2 cm³/mol. The van der Waals surface area contributed by atoms with E-state index in [0.717, 1.165) is 6.54 Å². The van der Waals surface area contributed by atoms with Crippen molar-refractivity contribution in [2.45, 2.75) is 12.2 Å². The molecular weight excluding hydrogens is 118 g/mol. The molecule has 3 heteroatoms. The van der Waals surface area contributed by atoms with Gasteiger partial charge in [0.25, 0.3) is 0 Å². The smallest absolute Gasteiger partial charge is 0.178 e. The number of Topliss-reactive ketones (excluding diaryl/α,β-unsaturated/α-hetero) is 1. The molecule has 0 bridgehead atoms. The molecule has 9 heavy (non-hydrogen) atoms. The van der Waals surface area contributed by atoms with Crippen LogP contribution in [0.2, 0.25) is 0 Å². The number of ether oxygens (including phenoxy) is 1. The lowest BCUT2D eigenvalue weighted by atomic mass is 10.1. The van der Waals surface area contributed by atoms with E-state index < -0.39 is 0 Å². The molecule has 2 unspecified atom stereocenters. The highest BCUT2D eigenvalue weighted by Crippen LogP contribution is 2.27. The molecule has 0 aromatic rings. The molecule has 0 aromatic carbocycles. The van der Waals surface area contributed by atoms with Crippen molar-refractivity contribution in [1.29, 1.82) is 0 Å². The molecule has 0 aromatic heterocycles. The average Bonchev–Trinajstić information content (AvgIpc) is 2.43. The van der Waals surface area contributed by atoms with Gasteiger partial charge in [0.1, 0.15) is 12.2 Å². The summed E-state index contributed by atoms with van der Waals surface area (Å²) in [7, 11) is 1.94. The molecule has 2 rings (SSSR count). The molecular formula is C6H9NO2. The molecule has 2 heterocycles. The molecule has 50 valence electrons. The van der Waals surface area contributed by atoms with Crippen LogP contribution in [0.3, 0.4) is 0 Å². The van der Waals surface area contributed by atoms with Gasteiger partial charge in [0.15, 0.2) is 5.78 Å². The van der Waals surface area contributed by atoms with Crippen LogP contribution in [0.25, 0.3) is 0 Å². The second-order valence-electron chi connectivity index (χ2n) is 2.76. The van der Waals surface area contributed by atoms with Gasteiger partial charge in [0.2, 0.25) is 0 Å². The number of fused-ring (bicyclic) bond motifs is 1. The Labute approximate surface area is 53.6 Å². The number of likely N-dealkylation sites (N-methyl/N-ethyl adjacent to an activating group) is 1. The first kappa shape index (κ1) is 5.38. The fourth-order valence-electron chi connectivity index (χ4n) is 1.29. The third-order valence-electron chi connectivity index (χ3n) is 1.82. The number of epoxide rings is 1. The van der Waals surface area contributed by atoms with E-state index in [1.54, 1.807) is 0 Å². The Morgan fingerprint density at radius 2 is 2.56 bits per heavy atom. The standard InChI is InChI=1S/C6H9NO2/c1-7-2-4(8)6-5(3-7)9-6/h5-6H,2-3H2,1H3. The molecule has 0 aliphatic carbocycles. The summed E-state index contributed by atoms with van der Waals surface area (Å²) in [6, 6.07) is 0. The number of likely N-dealkylation sites (tertiary alicyclic amines) is 1. The summed E-state index contributed by atoms with van der Waals surface area (Å²) in [5.74, 6) is 0.244. The van der Waals surface area contributed by atoms with E-state index >= 15 is 0 Å². The first-order valence-corrected chi connectivity index (χ1v) is 3.14. The first-order chi connectivity index (χ1) is 4.27. The summed E-state index contributed by atoms with van der Waals surface area (Å²) in [6.07, 6.45) is 0.206. The molecule has 2 saturated heterocycles. The number of piperidine rings is 1. The highest BCUT2D eigenvalue weighted by atomic mass is 16.6. The lowest BCUT2D eigenvalue weighted by Gasteiger charge is -2.16. The van der Waals surface area contributed by atoms with Crippen LogP contribution in [0.5, 0.6) is 0 Å². The highest BCUT2D eigenvalue weighted by molar-refractivity contribution is 5.88. The zero-order valence-corrected chi connectivity index (χ0v) is 5.33. The number of hydrogen-bond donors (Lipinski definition) is 0. The fraction of sp³-hybridized carbons (Fsp3) is 0.833. The topological polar surface area (TPSA) is 32.8 Å². The summed E-state index contributed by atoms with van der Waals surface area (Å²) < 4.78 is 5.07. The first-order valence-electron chi connectivity index (χ1n) is 3.14. The van der Waals surface area contributed by atoms with E-state index in [9.17, 15) is 4.79 Å². The van der Waals surface area contributed by atoms with Gasteiger partial charge in [-0.05, 0) is 7.05 Å². The average molecular weight is 127 g/mol. The van der Waals surface area contributed by atoms with Gasteiger partial charge in [-0.1, -0.05) is 0 Å². The Morgan fingerprint density at radius 3 is 3.22 bits per heavy atom. The third-order valence-corrected chi connectivity index (χ3v) is 1.82. The van der Waals surface area contributed by atoms with Crippen molar-refractivity contribution >= 4 is 5.78 Å². The Kier molecular flexibility index (Phi) is 0.926. The van der Waals surface area contributed by atoms with Gasteiger partial charge in [-0.2, -0.15) is 0 Å². The number of carbonyl (C=O) groups excluding carboxylic acids is 1. The van der Waals surface area contributed by atoms with Crippen molar-refractivity contribution in [2.75, 3.05) is 20.1 Å². The minimum Gasteiger partial charge on any atom is -0.360 e. The van der Waals surface area contributed by atoms with Crippen molar-refractivity contribution in [2.24, 2.45) is 0 Å². The number of nitrogens with zero attached hydrogens (tertiary/aromatic N) is 1. The van der Waals surface area contributed by atoms with Crippen molar-refractivity contribution in [3.63, 3.8) is 0 Å². The van der Waals surface area contributed by atoms with E-state index in [-0.39, 0.29) is 18.0 Å². The summed E-state index contributed by atoms with van der Waals surface area (Å²) in [6.45, 7) is 1.50. The van der Waals surface area contributed by atoms with E-state index in [0.29, 0.717) is 6.54 Å². The molecule has 2 fully saturated rings. The molecule has 2 atom stereocenters. The molecule has 3 nitrogen and oxygen atoms in total. The lowest BCUT2D eigenvalue weighted by Crippen LogP contribution is -2.37. The molecule has 2 aliphatic rings. The highest BCUT2D eigenvalue weighted by Gasteiger charge is 2.48. The van der Waals surface area contributed by atoms with Crippen molar-refractivity contribution < 1.29 is 9.53 Å². The minimum absolute atomic E-state index is 0.0267. The van der Waals surface area contributed by atoms with Crippen LogP contribution in [0.15, 0.2) is 0 Å². The minimum atomic E-state index is -0.0267. The Morgan fingerprint density at radius 1 is 1.78 bits per heavy atom. The Hall–Kier alpha value is -0.410. The van der Waals surface area contributed by atoms with Crippen molar-refractivity contribution in [1.82, 2.24) is 4.90 Å². The van der Waals surface area contributed by atoms with Crippen LogP contribution in [0.4, 0.5) is 0 Å². The molecule has 0 N–H and O–H groups in total. The maximum absolute atomic E-state index is 10.9. The van der Waals surface area contributed by atoms with Gasteiger partial charge in [-0.3, -0.25) is 9.69 Å². The van der Waals surface area contributed by atoms with Crippen LogP contribution in [0, 0.1) is 0 Å². The Balaban J connectivity index is 2.07. The van der Waals surface area contributed by atoms with E-state index in [1.807, 2.05) is 11.9 Å². The van der Waals surface area contributed by atoms with Gasteiger partial charge in [-0.15, -0.1) is 0 Å². The molecule has 2 aliphatic heterocycles. The molecule has 0 radical (unpaired) electrons. The van der Waals surface area contributed by atoms with Gasteiger partial charge in [0.05, 0.1) is 6.54 Å². The maximum Gasteiger partial charge on any atom is 0.178 e. The van der Waals surface area contributed by atoms with Gasteiger partial charge < -0.3 is 4.74 Å². The van der Waals surface area contributed by atoms with E-state index in [4.69, 9.17) is 4.74 Å². The normalized spacial score (nSPS) is 42.6. The largest absolute Gasteiger partial charge is 0.360 e. The van der Waals surface area contributed by atoms with Gasteiger partial charge in [-0.25, -0.2) is 0 Å². The lowest BCUT2D eigenvalue weighted by molar-refractivity contribution is -0.121. The Bertz CT molecular complexity index is 157. The molecule has 0 saturated carbocycles. The van der Waals surface area contributed by atoms with E-state index in [1.165, 1.54) is 0 Å². The zero-order chi connectivity index (χ0) is 6.43. The number of hydrogen-bond acceptors (Lipinski definition) is 3. The van der Waals surface area contributed by atoms with Crippen LogP contribution < -0.4 is 0 Å². The third kappa shape index (κ3) is 0.767. The summed E-state index contributed by atoms with van der Waals surface area (Å²) >= 11 is 0. The summed E-state index contributed by atoms with van der Waals surface area (Å²) in [5, 5.41) is 0. The fourth-order valence-corrected chi connectivity index (χ4v) is 1.29. The SMILES string of the molecule is CN1CC(=O)C2OC2C1. The molecule has 0 spiro atoms. The zero-order valence-electron chi connectivity index (χ0n) is 5.33. The maximum atomic E-state index is 10.9. The van der Waals surface area contributed by atoms with Crippen LogP contribution in [-0.4, -0.2) is 43.0 Å². The van der Waals surface area contributed by atoms with Gasteiger partial charge in [0, 0.05) is 6.54 Å². The van der Waals surface area contributed by atoms with Crippen LogP contribution >= 0.6 is 0 Å². The second-order valence-corrected chi connectivity index (χ2v) is 2.76. The summed E-state index contributed by atoms with van der Waals surface area (Å²) in [4.78, 5) is 12.9. The van der Waals surface area contributed by atoms with Crippen LogP contribution in [0.1, 0.15) is 0 Å². The van der Waals surface area contributed by atoms with Crippen molar-refractivity contribution in [3.05, 3.63) is 0 Å². The van der Waals surface area contributed by atoms with Crippen LogP contribution in [-0.2, 0) is 9.53 Å². The number of carbonyl (C=O) groups is 1. The predicted octanol–water partition coefficient (Wildman–Crippen LogP) is -0.732. The second kappa shape index (κ2) is 1.55. The van der Waals surface area contributed by atoms with Crippen molar-refractivity contribution in [3.8, 4) is 0 Å². The van der Waals surface area contributed by atoms with E-state index in [2.05, 4.69) is 0 Å². The number of rotatable bonds is 0. The summed E-state index contributed by atoms with van der Waals surface area (Å²) in [5.41, 5.74) is 0. The monoisotopic (exact) mass is 127 g/mol. The van der Waals surface area contributed by atoms with Gasteiger partial charge >= 0.3 is 0 Å². The molecule has 0 amide bonds.